The Balaban J connectivity index is 1.59. The minimum atomic E-state index is -4.89. The molecule has 13 heteroatoms. The van der Waals surface area contributed by atoms with Crippen LogP contribution in [0, 0.1) is 12.7 Å². The number of halogens is 4. The molecule has 0 aliphatic carbocycles. The van der Waals surface area contributed by atoms with Crippen LogP contribution in [-0.4, -0.2) is 51.9 Å². The number of carbonyl (C=O) groups is 1. The van der Waals surface area contributed by atoms with E-state index < -0.39 is 58.7 Å². The van der Waals surface area contributed by atoms with E-state index in [0.29, 0.717) is 38.3 Å². The first-order valence-corrected chi connectivity index (χ1v) is 16.4. The molecule has 4 aromatic rings. The number of hydrogen-bond acceptors (Lipinski definition) is 6. The summed E-state index contributed by atoms with van der Waals surface area (Å²) in [5, 5.41) is 2.74. The largest absolute Gasteiger partial charge is 0.444 e. The molecule has 1 amide bonds. The van der Waals surface area contributed by atoms with Gasteiger partial charge in [0.1, 0.15) is 17.1 Å². The second kappa shape index (κ2) is 14.9. The monoisotopic (exact) mass is 695 g/mol. The second-order valence-electron chi connectivity index (χ2n) is 13.3. The van der Waals surface area contributed by atoms with E-state index >= 15 is 4.39 Å². The van der Waals surface area contributed by atoms with Crippen LogP contribution in [0.15, 0.2) is 88.5 Å². The highest BCUT2D eigenvalue weighted by Gasteiger charge is 2.35. The Morgan fingerprint density at radius 3 is 2.06 bits per heavy atom. The van der Waals surface area contributed by atoms with E-state index in [-0.39, 0.29) is 17.9 Å². The van der Waals surface area contributed by atoms with Crippen LogP contribution in [0.1, 0.15) is 54.8 Å². The maximum atomic E-state index is 15.1. The van der Waals surface area contributed by atoms with Crippen molar-refractivity contribution in [1.82, 2.24) is 19.4 Å². The number of nitrogens with one attached hydrogen (secondary N) is 1. The minimum absolute atomic E-state index is 0.112. The fourth-order valence-electron chi connectivity index (χ4n) is 6.16. The molecule has 0 bridgehead atoms. The van der Waals surface area contributed by atoms with Gasteiger partial charge in [0.2, 0.25) is 0 Å². The zero-order chi connectivity index (χ0) is 36.2. The van der Waals surface area contributed by atoms with Gasteiger partial charge in [-0.1, -0.05) is 66.7 Å². The molecule has 2 heterocycles. The van der Waals surface area contributed by atoms with Crippen molar-refractivity contribution >= 4 is 11.8 Å². The van der Waals surface area contributed by atoms with Gasteiger partial charge in [-0.25, -0.2) is 14.0 Å². The van der Waals surface area contributed by atoms with Crippen LogP contribution in [0.2, 0.25) is 0 Å². The second-order valence-corrected chi connectivity index (χ2v) is 13.3. The molecule has 0 saturated carbocycles. The van der Waals surface area contributed by atoms with Gasteiger partial charge < -0.3 is 15.0 Å². The lowest BCUT2D eigenvalue weighted by molar-refractivity contribution is -0.138. The lowest BCUT2D eigenvalue weighted by Gasteiger charge is -2.37. The highest BCUT2D eigenvalue weighted by molar-refractivity contribution is 5.68. The standard InChI is InChI=1S/C37H41F4N5O4/c1-25-32(44-20-18-43(19-21-44)22-26-12-7-5-8-13-26)33(47)46(24-31(27-14-9-6-10-15-27)42-34(48)50-36(2,3)4)35(49)45(25)23-28-29(37(39,40)41)16-11-17-30(28)38/h5-17,31H,18-24H2,1-4H3,(H,42,48). The van der Waals surface area contributed by atoms with Gasteiger partial charge in [0.15, 0.2) is 0 Å². The third-order valence-corrected chi connectivity index (χ3v) is 8.59. The number of nitrogens with zero attached hydrogens (tertiary/aromatic N) is 4. The normalized spacial score (nSPS) is 14.8. The molecule has 1 atom stereocenters. The zero-order valence-corrected chi connectivity index (χ0v) is 28.5. The minimum Gasteiger partial charge on any atom is -0.444 e. The molecule has 9 nitrogen and oxygen atoms in total. The van der Waals surface area contributed by atoms with E-state index in [1.807, 2.05) is 35.2 Å². The molecular weight excluding hydrogens is 654 g/mol. The van der Waals surface area contributed by atoms with Crippen LogP contribution >= 0.6 is 0 Å². The summed E-state index contributed by atoms with van der Waals surface area (Å²) in [6.45, 7) is 8.05. The van der Waals surface area contributed by atoms with Gasteiger partial charge in [-0.2, -0.15) is 13.2 Å². The summed E-state index contributed by atoms with van der Waals surface area (Å²) < 4.78 is 64.7. The van der Waals surface area contributed by atoms with E-state index in [2.05, 4.69) is 10.2 Å². The molecular formula is C37H41F4N5O4. The van der Waals surface area contributed by atoms with Crippen molar-refractivity contribution < 1.29 is 27.1 Å². The summed E-state index contributed by atoms with van der Waals surface area (Å²) in [6.07, 6.45) is -5.68. The third-order valence-electron chi connectivity index (χ3n) is 8.59. The number of amides is 1. The molecule has 1 aromatic heterocycles. The highest BCUT2D eigenvalue weighted by Crippen LogP contribution is 2.34. The third kappa shape index (κ3) is 8.62. The smallest absolute Gasteiger partial charge is 0.416 e. The first-order chi connectivity index (χ1) is 23.6. The van der Waals surface area contributed by atoms with Crippen LogP contribution in [0.3, 0.4) is 0 Å². The van der Waals surface area contributed by atoms with Crippen LogP contribution in [-0.2, 0) is 30.5 Å². The molecule has 1 saturated heterocycles. The molecule has 0 spiro atoms. The molecule has 1 unspecified atom stereocenters. The van der Waals surface area contributed by atoms with Crippen molar-refractivity contribution in [2.24, 2.45) is 0 Å². The van der Waals surface area contributed by atoms with Gasteiger partial charge in [0.05, 0.1) is 24.7 Å². The number of anilines is 1. The molecule has 266 valence electrons. The molecule has 3 aromatic carbocycles. The van der Waals surface area contributed by atoms with Gasteiger partial charge in [-0.3, -0.25) is 18.8 Å². The van der Waals surface area contributed by atoms with Gasteiger partial charge in [-0.05, 0) is 51.0 Å². The number of rotatable bonds is 9. The number of carbonyl (C=O) groups excluding carboxylic acids is 1. The predicted molar refractivity (Wildman–Crippen MR) is 183 cm³/mol. The lowest BCUT2D eigenvalue weighted by atomic mass is 10.1. The SMILES string of the molecule is Cc1c(N2CCN(Cc3ccccc3)CC2)c(=O)n(CC(NC(=O)OC(C)(C)C)c2ccccc2)c(=O)n1Cc1c(F)cccc1C(F)(F)F. The Morgan fingerprint density at radius 1 is 0.840 bits per heavy atom. The quantitative estimate of drug-likeness (QED) is 0.213. The summed E-state index contributed by atoms with van der Waals surface area (Å²) >= 11 is 0. The average molecular weight is 696 g/mol. The van der Waals surface area contributed by atoms with Crippen LogP contribution in [0.5, 0.6) is 0 Å². The van der Waals surface area contributed by atoms with Crippen molar-refractivity contribution in [2.75, 3.05) is 31.1 Å². The Morgan fingerprint density at radius 2 is 1.46 bits per heavy atom. The molecule has 1 aliphatic rings. The predicted octanol–water partition coefficient (Wildman–Crippen LogP) is 6.11. The first-order valence-electron chi connectivity index (χ1n) is 16.4. The summed E-state index contributed by atoms with van der Waals surface area (Å²) in [7, 11) is 0. The van der Waals surface area contributed by atoms with Crippen molar-refractivity contribution in [3.05, 3.63) is 133 Å². The molecule has 0 radical (unpaired) electrons. The molecule has 1 N–H and O–H groups in total. The highest BCUT2D eigenvalue weighted by atomic mass is 19.4. The molecule has 1 fully saturated rings. The Hall–Kier alpha value is -4.91. The Bertz CT molecular complexity index is 1910. The van der Waals surface area contributed by atoms with E-state index in [0.717, 1.165) is 32.9 Å². The van der Waals surface area contributed by atoms with Gasteiger partial charge >= 0.3 is 18.0 Å². The number of alkyl halides is 3. The summed E-state index contributed by atoms with van der Waals surface area (Å²) in [6, 6.07) is 20.2. The Kier molecular flexibility index (Phi) is 10.8. The van der Waals surface area contributed by atoms with Crippen molar-refractivity contribution in [2.45, 2.75) is 65.1 Å². The molecule has 50 heavy (non-hydrogen) atoms. The number of alkyl carbamates (subject to hydrolysis) is 1. The maximum absolute atomic E-state index is 15.1. The zero-order valence-electron chi connectivity index (χ0n) is 28.5. The van der Waals surface area contributed by atoms with E-state index in [1.54, 1.807) is 51.1 Å². The first kappa shape index (κ1) is 36.4. The average Bonchev–Trinajstić information content (AvgIpc) is 3.05. The number of benzene rings is 3. The number of piperazine rings is 1. The number of aromatic nitrogens is 2. The summed E-state index contributed by atoms with van der Waals surface area (Å²) in [5.41, 5.74) is -2.47. The van der Waals surface area contributed by atoms with Crippen LogP contribution in [0.4, 0.5) is 28.0 Å². The van der Waals surface area contributed by atoms with Crippen molar-refractivity contribution in [3.63, 3.8) is 0 Å². The Labute approximate surface area is 287 Å². The van der Waals surface area contributed by atoms with Crippen molar-refractivity contribution in [1.29, 1.82) is 0 Å². The fourth-order valence-corrected chi connectivity index (χ4v) is 6.16. The van der Waals surface area contributed by atoms with Crippen molar-refractivity contribution in [3.8, 4) is 0 Å². The van der Waals surface area contributed by atoms with Crippen LogP contribution in [0.25, 0.3) is 0 Å². The number of ether oxygens (including phenoxy) is 1. The van der Waals surface area contributed by atoms with E-state index in [1.165, 1.54) is 6.92 Å². The summed E-state index contributed by atoms with van der Waals surface area (Å²) in [5.74, 6) is -1.13. The molecule has 5 rings (SSSR count). The van der Waals surface area contributed by atoms with Crippen LogP contribution < -0.4 is 21.5 Å². The van der Waals surface area contributed by atoms with Gasteiger partial charge in [0, 0.05) is 44.0 Å². The number of hydrogen-bond donors (Lipinski definition) is 1. The topological polar surface area (TPSA) is 88.8 Å². The van der Waals surface area contributed by atoms with Gasteiger partial charge in [0.25, 0.3) is 5.56 Å². The van der Waals surface area contributed by atoms with E-state index in [9.17, 15) is 27.6 Å². The maximum Gasteiger partial charge on any atom is 0.416 e. The van der Waals surface area contributed by atoms with Gasteiger partial charge in [-0.15, -0.1) is 0 Å². The molecule has 1 aliphatic heterocycles. The summed E-state index contributed by atoms with van der Waals surface area (Å²) in [4.78, 5) is 45.6. The fraction of sp³-hybridized carbons (Fsp3) is 0.378. The lowest BCUT2D eigenvalue weighted by Crippen LogP contribution is -2.51. The van der Waals surface area contributed by atoms with E-state index in [4.69, 9.17) is 4.74 Å².